The van der Waals surface area contributed by atoms with Gasteiger partial charge in [-0.15, -0.1) is 0 Å². The first-order valence-electron chi connectivity index (χ1n) is 18.4. The minimum Gasteiger partial charge on any atom is -0.485 e. The number of benzene rings is 2. The summed E-state index contributed by atoms with van der Waals surface area (Å²) < 4.78 is 77.3. The maximum atomic E-state index is 15.1. The molecule has 1 N–H and O–H groups in total. The van der Waals surface area contributed by atoms with Crippen molar-refractivity contribution in [1.29, 1.82) is 0 Å². The van der Waals surface area contributed by atoms with Crippen molar-refractivity contribution in [3.05, 3.63) is 59.2 Å². The minimum absolute atomic E-state index is 0.0319. The smallest absolute Gasteiger partial charge is 0.424 e. The molecule has 4 aliphatic heterocycles. The number of ether oxygens (including phenoxy) is 7. The zero-order valence-electron chi connectivity index (χ0n) is 31.8. The molecule has 54 heavy (non-hydrogen) atoms. The molecule has 2 aromatic carbocycles. The quantitative estimate of drug-likeness (QED) is 0.258. The zero-order chi connectivity index (χ0) is 38.4. The van der Waals surface area contributed by atoms with Crippen molar-refractivity contribution in [3.63, 3.8) is 0 Å². The summed E-state index contributed by atoms with van der Waals surface area (Å²) in [7, 11) is -4.59. The topological polar surface area (TPSA) is 170 Å². The highest BCUT2D eigenvalue weighted by Gasteiger charge is 2.49. The predicted octanol–water partition coefficient (Wildman–Crippen LogP) is 5.10. The van der Waals surface area contributed by atoms with Crippen molar-refractivity contribution in [1.82, 2.24) is 19.8 Å². The average Bonchev–Trinajstić information content (AvgIpc) is 3.94. The lowest BCUT2D eigenvalue weighted by Gasteiger charge is -2.35. The van der Waals surface area contributed by atoms with Gasteiger partial charge in [-0.25, -0.2) is 13.2 Å². The molecule has 1 unspecified atom stereocenters. The number of hydrogen-bond acceptors (Lipinski definition) is 14. The molecule has 15 nitrogen and oxygen atoms in total. The van der Waals surface area contributed by atoms with Gasteiger partial charge in [0.2, 0.25) is 18.5 Å². The molecule has 5 heterocycles. The van der Waals surface area contributed by atoms with Gasteiger partial charge < -0.3 is 37.7 Å². The monoisotopic (exact) mass is 770 g/mol. The lowest BCUT2D eigenvalue weighted by Crippen LogP contribution is -2.57. The third-order valence-electron chi connectivity index (χ3n) is 9.89. The Balaban J connectivity index is 1.22. The lowest BCUT2D eigenvalue weighted by atomic mass is 9.97. The van der Waals surface area contributed by atoms with Crippen LogP contribution in [0.4, 0.5) is 4.79 Å². The molecule has 5 atom stereocenters. The summed E-state index contributed by atoms with van der Waals surface area (Å²) in [4.78, 5) is 18.9. The Hall–Kier alpha value is -3.96. The predicted molar refractivity (Wildman–Crippen MR) is 192 cm³/mol. The standard InChI is InChI=1S/C38H50N4O11S/c1-22(2)14-24-16-26(17-30-33(24)50-21-49-30)54(44,45)42(36(43)52-31-19-48-34-27(31)12-13-46-34)29(28-18-51-38(6,7)40-28)15-23-8-10-25(11-9-23)47-20-32-39-35(53-41-32)37(3,4)5/h8-11,16-17,22,27-29,31,34,40H,12-15,18-21H2,1-7H3/t27-,28+,29?,31-,34+/m0/s1. The fourth-order valence-corrected chi connectivity index (χ4v) is 8.79. The average molecular weight is 771 g/mol. The van der Waals surface area contributed by atoms with Crippen LogP contribution in [0.3, 0.4) is 0 Å². The van der Waals surface area contributed by atoms with Gasteiger partial charge in [-0.3, -0.25) is 5.32 Å². The van der Waals surface area contributed by atoms with Crippen molar-refractivity contribution in [2.24, 2.45) is 11.8 Å². The summed E-state index contributed by atoms with van der Waals surface area (Å²) in [6.45, 7) is 14.5. The number of hydrogen-bond donors (Lipinski definition) is 1. The molecule has 0 aliphatic carbocycles. The molecule has 0 spiro atoms. The van der Waals surface area contributed by atoms with Gasteiger partial charge in [0.1, 0.15) is 17.6 Å². The normalized spacial score (nSPS) is 23.8. The molecule has 0 bridgehead atoms. The number of fused-ring (bicyclic) bond motifs is 2. The van der Waals surface area contributed by atoms with Gasteiger partial charge in [0.15, 0.2) is 24.4 Å². The maximum Gasteiger partial charge on any atom is 0.424 e. The van der Waals surface area contributed by atoms with Crippen molar-refractivity contribution in [2.75, 3.05) is 26.6 Å². The van der Waals surface area contributed by atoms with Gasteiger partial charge in [-0.2, -0.15) is 9.29 Å². The Morgan fingerprint density at radius 2 is 1.85 bits per heavy atom. The highest BCUT2D eigenvalue weighted by molar-refractivity contribution is 7.89. The summed E-state index contributed by atoms with van der Waals surface area (Å²) in [5, 5.41) is 7.43. The second-order valence-corrected chi connectivity index (χ2v) is 18.0. The van der Waals surface area contributed by atoms with Crippen molar-refractivity contribution < 1.29 is 50.9 Å². The third-order valence-corrected chi connectivity index (χ3v) is 11.7. The molecule has 3 fully saturated rings. The Morgan fingerprint density at radius 1 is 1.07 bits per heavy atom. The summed E-state index contributed by atoms with van der Waals surface area (Å²) in [6, 6.07) is 8.64. The molecule has 3 aromatic rings. The number of sulfonamides is 1. The van der Waals surface area contributed by atoms with Crippen LogP contribution in [0.2, 0.25) is 0 Å². The zero-order valence-corrected chi connectivity index (χ0v) is 32.6. The van der Waals surface area contributed by atoms with E-state index < -0.39 is 46.3 Å². The van der Waals surface area contributed by atoms with Crippen LogP contribution in [-0.4, -0.2) is 85.8 Å². The van der Waals surface area contributed by atoms with Crippen LogP contribution in [0.5, 0.6) is 17.2 Å². The van der Waals surface area contributed by atoms with Gasteiger partial charge in [0.05, 0.1) is 42.7 Å². The SMILES string of the molecule is CC(C)Cc1cc(S(=O)(=O)N(C(=O)O[C@H]2CO[C@H]3OCC[C@H]32)C(Cc2ccc(OCc3noc(C(C)(C)C)n3)cc2)[C@H]2COC(C)(C)N2)cc2c1OCO2. The molecule has 4 aliphatic rings. The molecule has 1 amide bonds. The minimum atomic E-state index is -4.59. The van der Waals surface area contributed by atoms with Crippen LogP contribution in [0, 0.1) is 11.8 Å². The summed E-state index contributed by atoms with van der Waals surface area (Å²) in [5.74, 6) is 2.29. The first kappa shape index (κ1) is 38.3. The van der Waals surface area contributed by atoms with E-state index >= 15 is 8.42 Å². The first-order valence-corrected chi connectivity index (χ1v) is 19.9. The van der Waals surface area contributed by atoms with Crippen molar-refractivity contribution in [3.8, 4) is 17.2 Å². The lowest BCUT2D eigenvalue weighted by molar-refractivity contribution is -0.0907. The fourth-order valence-electron chi connectivity index (χ4n) is 7.20. The van der Waals surface area contributed by atoms with Gasteiger partial charge in [0, 0.05) is 11.5 Å². The van der Waals surface area contributed by atoms with Crippen LogP contribution in [0.15, 0.2) is 45.8 Å². The van der Waals surface area contributed by atoms with Gasteiger partial charge >= 0.3 is 6.09 Å². The molecule has 16 heteroatoms. The van der Waals surface area contributed by atoms with Gasteiger partial charge in [0.25, 0.3) is 10.0 Å². The Labute approximate surface area is 315 Å². The van der Waals surface area contributed by atoms with Crippen molar-refractivity contribution in [2.45, 2.75) is 115 Å². The number of nitrogens with one attached hydrogen (secondary N) is 1. The second-order valence-electron chi connectivity index (χ2n) is 16.2. The summed E-state index contributed by atoms with van der Waals surface area (Å²) >= 11 is 0. The third kappa shape index (κ3) is 8.17. The van der Waals surface area contributed by atoms with Crippen LogP contribution in [-0.2, 0) is 53.8 Å². The fraction of sp³-hybridized carbons (Fsp3) is 0.605. The summed E-state index contributed by atoms with van der Waals surface area (Å²) in [5.41, 5.74) is 0.358. The van der Waals surface area contributed by atoms with E-state index in [4.69, 9.17) is 37.7 Å². The van der Waals surface area contributed by atoms with E-state index in [9.17, 15) is 4.79 Å². The number of carbonyl (C=O) groups is 1. The molecule has 294 valence electrons. The van der Waals surface area contributed by atoms with E-state index in [1.165, 1.54) is 6.07 Å². The summed E-state index contributed by atoms with van der Waals surface area (Å²) in [6.07, 6.45) is -0.892. The van der Waals surface area contributed by atoms with Crippen LogP contribution < -0.4 is 19.5 Å². The van der Waals surface area contributed by atoms with Crippen LogP contribution in [0.1, 0.15) is 77.7 Å². The Kier molecular flexibility index (Phi) is 10.6. The molecule has 1 aromatic heterocycles. The van der Waals surface area contributed by atoms with E-state index in [1.54, 1.807) is 18.2 Å². The van der Waals surface area contributed by atoms with Crippen molar-refractivity contribution >= 4 is 16.1 Å². The highest BCUT2D eigenvalue weighted by Crippen LogP contribution is 2.41. The number of rotatable bonds is 12. The van der Waals surface area contributed by atoms with Crippen LogP contribution in [0.25, 0.3) is 0 Å². The van der Waals surface area contributed by atoms with E-state index in [0.717, 1.165) is 9.87 Å². The van der Waals surface area contributed by atoms with E-state index in [1.807, 2.05) is 60.6 Å². The molecule has 7 rings (SSSR count). The largest absolute Gasteiger partial charge is 0.485 e. The second kappa shape index (κ2) is 14.9. The van der Waals surface area contributed by atoms with E-state index in [0.29, 0.717) is 54.0 Å². The molecular weight excluding hydrogens is 721 g/mol. The van der Waals surface area contributed by atoms with E-state index in [2.05, 4.69) is 15.5 Å². The number of carbonyl (C=O) groups excluding carboxylic acids is 1. The molecule has 0 saturated carbocycles. The number of nitrogens with zero attached hydrogens (tertiary/aromatic N) is 3. The molecule has 0 radical (unpaired) electrons. The highest BCUT2D eigenvalue weighted by atomic mass is 32.2. The molecule has 3 saturated heterocycles. The maximum absolute atomic E-state index is 15.1. The number of aromatic nitrogens is 2. The Bertz CT molecular complexity index is 1930. The van der Waals surface area contributed by atoms with E-state index in [-0.39, 0.29) is 55.2 Å². The first-order chi connectivity index (χ1) is 25.6. The Morgan fingerprint density at radius 3 is 2.54 bits per heavy atom. The van der Waals surface area contributed by atoms with Gasteiger partial charge in [-0.05, 0) is 68.4 Å². The molecular formula is C38H50N4O11S. The van der Waals surface area contributed by atoms with Gasteiger partial charge in [-0.1, -0.05) is 51.9 Å². The number of amides is 1. The van der Waals surface area contributed by atoms with Crippen LogP contribution >= 0.6 is 0 Å².